The van der Waals surface area contributed by atoms with Crippen LogP contribution in [0.3, 0.4) is 0 Å². The lowest BCUT2D eigenvalue weighted by Gasteiger charge is -2.13. The van der Waals surface area contributed by atoms with Crippen molar-refractivity contribution < 1.29 is 0 Å². The molecule has 11 rings (SSSR count). The Kier molecular flexibility index (Phi) is 7.14. The van der Waals surface area contributed by atoms with Crippen molar-refractivity contribution in [2.24, 2.45) is 0 Å². The molecule has 55 heavy (non-hydrogen) atoms. The molecule has 0 amide bonds. The molecular weight excluding hydrogens is 669 g/mol. The summed E-state index contributed by atoms with van der Waals surface area (Å²) in [5.41, 5.74) is 8.51. The van der Waals surface area contributed by atoms with Crippen LogP contribution in [-0.4, -0.2) is 19.5 Å². The van der Waals surface area contributed by atoms with Gasteiger partial charge in [0.15, 0.2) is 17.5 Å². The average molecular weight is 701 g/mol. The van der Waals surface area contributed by atoms with Gasteiger partial charge in [-0.1, -0.05) is 164 Å². The minimum atomic E-state index is 0.639. The van der Waals surface area contributed by atoms with Gasteiger partial charge in [0.1, 0.15) is 0 Å². The summed E-state index contributed by atoms with van der Waals surface area (Å²) in [5, 5.41) is 10.2. The second-order valence-corrected chi connectivity index (χ2v) is 14.0. The van der Waals surface area contributed by atoms with Gasteiger partial charge in [0, 0.05) is 38.5 Å². The van der Waals surface area contributed by atoms with Crippen molar-refractivity contribution in [2.45, 2.75) is 0 Å². The van der Waals surface area contributed by atoms with E-state index in [1.165, 1.54) is 54.1 Å². The summed E-state index contributed by atoms with van der Waals surface area (Å²) in [6.07, 6.45) is 0. The van der Waals surface area contributed by atoms with E-state index < -0.39 is 0 Å². The third-order valence-corrected chi connectivity index (χ3v) is 10.8. The van der Waals surface area contributed by atoms with Crippen LogP contribution in [0.1, 0.15) is 0 Å². The van der Waals surface area contributed by atoms with Crippen LogP contribution >= 0.6 is 0 Å². The van der Waals surface area contributed by atoms with Crippen LogP contribution in [0, 0.1) is 0 Å². The third-order valence-electron chi connectivity index (χ3n) is 10.8. The quantitative estimate of drug-likeness (QED) is 0.168. The minimum Gasteiger partial charge on any atom is -0.309 e. The second kappa shape index (κ2) is 12.6. The molecule has 2 heterocycles. The highest BCUT2D eigenvalue weighted by atomic mass is 15.0. The summed E-state index contributed by atoms with van der Waals surface area (Å²) in [4.78, 5) is 14.9. The first kappa shape index (κ1) is 31.1. The van der Waals surface area contributed by atoms with E-state index in [0.29, 0.717) is 17.5 Å². The number of rotatable bonds is 5. The van der Waals surface area contributed by atoms with Crippen molar-refractivity contribution in [2.75, 3.05) is 0 Å². The van der Waals surface area contributed by atoms with E-state index in [0.717, 1.165) is 33.5 Å². The van der Waals surface area contributed by atoms with E-state index in [4.69, 9.17) is 15.0 Å². The number of fused-ring (bicyclic) bond motifs is 10. The molecule has 0 saturated heterocycles. The van der Waals surface area contributed by atoms with Gasteiger partial charge in [0.05, 0.1) is 11.0 Å². The molecule has 256 valence electrons. The standard InChI is InChI=1S/C51H32N4/c1-3-15-33(16-4-1)49-52-50(34-17-5-2-6-18-34)54-51(53-49)37-21-13-19-35(31-37)36-20-14-22-38(32-36)55-45-28-12-11-27-44(45)48-46(55)30-29-43-41-25-8-7-23-39(41)40-24-9-10-26-42(40)47(43)48/h1-32H. The Hall–Kier alpha value is -7.43. The topological polar surface area (TPSA) is 43.6 Å². The van der Waals surface area contributed by atoms with Gasteiger partial charge >= 0.3 is 0 Å². The van der Waals surface area contributed by atoms with Gasteiger partial charge < -0.3 is 4.57 Å². The summed E-state index contributed by atoms with van der Waals surface area (Å²) in [5.74, 6) is 1.94. The number of benzene rings is 9. The van der Waals surface area contributed by atoms with Gasteiger partial charge in [-0.15, -0.1) is 0 Å². The van der Waals surface area contributed by atoms with Crippen molar-refractivity contribution in [3.05, 3.63) is 194 Å². The molecule has 2 aromatic heterocycles. The lowest BCUT2D eigenvalue weighted by atomic mass is 9.92. The van der Waals surface area contributed by atoms with E-state index in [1.54, 1.807) is 0 Å². The molecule has 11 aromatic rings. The van der Waals surface area contributed by atoms with E-state index in [-0.39, 0.29) is 0 Å². The highest BCUT2D eigenvalue weighted by Crippen LogP contribution is 2.43. The summed E-state index contributed by atoms with van der Waals surface area (Å²) in [7, 11) is 0. The number of hydrogen-bond acceptors (Lipinski definition) is 3. The van der Waals surface area contributed by atoms with Crippen molar-refractivity contribution in [3.63, 3.8) is 0 Å². The van der Waals surface area contributed by atoms with Crippen LogP contribution in [0.15, 0.2) is 194 Å². The molecule has 9 aromatic carbocycles. The highest BCUT2D eigenvalue weighted by Gasteiger charge is 2.19. The normalized spacial score (nSPS) is 11.6. The fourth-order valence-electron chi connectivity index (χ4n) is 8.33. The zero-order chi connectivity index (χ0) is 36.3. The molecular formula is C51H32N4. The van der Waals surface area contributed by atoms with Gasteiger partial charge in [-0.3, -0.25) is 0 Å². The third kappa shape index (κ3) is 5.11. The van der Waals surface area contributed by atoms with Crippen LogP contribution < -0.4 is 0 Å². The zero-order valence-electron chi connectivity index (χ0n) is 29.8. The van der Waals surface area contributed by atoms with E-state index in [1.807, 2.05) is 60.7 Å². The fraction of sp³-hybridized carbons (Fsp3) is 0. The second-order valence-electron chi connectivity index (χ2n) is 14.0. The van der Waals surface area contributed by atoms with Crippen molar-refractivity contribution >= 4 is 54.1 Å². The highest BCUT2D eigenvalue weighted by molar-refractivity contribution is 6.35. The molecule has 0 aliphatic heterocycles. The first-order valence-electron chi connectivity index (χ1n) is 18.6. The van der Waals surface area contributed by atoms with Crippen LogP contribution in [-0.2, 0) is 0 Å². The van der Waals surface area contributed by atoms with Gasteiger partial charge in [0.2, 0.25) is 0 Å². The zero-order valence-corrected chi connectivity index (χ0v) is 29.8. The Morgan fingerprint density at radius 2 is 0.727 bits per heavy atom. The van der Waals surface area contributed by atoms with Crippen molar-refractivity contribution in [1.82, 2.24) is 19.5 Å². The fourth-order valence-corrected chi connectivity index (χ4v) is 8.33. The maximum Gasteiger partial charge on any atom is 0.164 e. The van der Waals surface area contributed by atoms with Gasteiger partial charge in [0.25, 0.3) is 0 Å². The van der Waals surface area contributed by atoms with Crippen LogP contribution in [0.4, 0.5) is 0 Å². The molecule has 0 fully saturated rings. The molecule has 0 aliphatic carbocycles. The molecule has 4 heteroatoms. The number of nitrogens with zero attached hydrogens (tertiary/aromatic N) is 4. The van der Waals surface area contributed by atoms with Crippen LogP contribution in [0.25, 0.3) is 105 Å². The van der Waals surface area contributed by atoms with Gasteiger partial charge in [-0.25, -0.2) is 15.0 Å². The lowest BCUT2D eigenvalue weighted by Crippen LogP contribution is -2.00. The molecule has 0 aliphatic rings. The Bertz CT molecular complexity index is 3160. The molecule has 0 bridgehead atoms. The molecule has 0 spiro atoms. The molecule has 4 nitrogen and oxygen atoms in total. The minimum absolute atomic E-state index is 0.639. The molecule has 0 unspecified atom stereocenters. The first-order chi connectivity index (χ1) is 27.3. The Balaban J connectivity index is 1.09. The van der Waals surface area contributed by atoms with E-state index >= 15 is 0 Å². The average Bonchev–Trinajstić information content (AvgIpc) is 3.61. The maximum absolute atomic E-state index is 5.00. The smallest absolute Gasteiger partial charge is 0.164 e. The summed E-state index contributed by atoms with van der Waals surface area (Å²) >= 11 is 0. The SMILES string of the molecule is c1ccc(-c2nc(-c3ccccc3)nc(-c3cccc(-c4cccc(-n5c6ccccc6c6c7c8ccccc8c8ccccc8c7ccc65)c4)c3)n2)cc1. The molecule has 0 N–H and O–H groups in total. The van der Waals surface area contributed by atoms with Gasteiger partial charge in [-0.2, -0.15) is 0 Å². The summed E-state index contributed by atoms with van der Waals surface area (Å²) in [6.45, 7) is 0. The van der Waals surface area contributed by atoms with Crippen molar-refractivity contribution in [1.29, 1.82) is 0 Å². The largest absolute Gasteiger partial charge is 0.309 e. The number of aromatic nitrogens is 4. The first-order valence-corrected chi connectivity index (χ1v) is 18.6. The predicted molar refractivity (Wildman–Crippen MR) is 228 cm³/mol. The van der Waals surface area contributed by atoms with E-state index in [9.17, 15) is 0 Å². The van der Waals surface area contributed by atoms with Crippen LogP contribution in [0.5, 0.6) is 0 Å². The Labute approximate surface area is 317 Å². The summed E-state index contributed by atoms with van der Waals surface area (Å²) in [6, 6.07) is 68.7. The molecule has 0 radical (unpaired) electrons. The summed E-state index contributed by atoms with van der Waals surface area (Å²) < 4.78 is 2.42. The maximum atomic E-state index is 5.00. The monoisotopic (exact) mass is 700 g/mol. The Morgan fingerprint density at radius 3 is 1.38 bits per heavy atom. The predicted octanol–water partition coefficient (Wildman–Crippen LogP) is 13.1. The molecule has 0 atom stereocenters. The van der Waals surface area contributed by atoms with Crippen LogP contribution in [0.2, 0.25) is 0 Å². The van der Waals surface area contributed by atoms with Gasteiger partial charge in [-0.05, 0) is 68.4 Å². The Morgan fingerprint density at radius 1 is 0.273 bits per heavy atom. The lowest BCUT2D eigenvalue weighted by molar-refractivity contribution is 1.07. The van der Waals surface area contributed by atoms with E-state index in [2.05, 4.69) is 138 Å². The molecule has 0 saturated carbocycles. The number of para-hydroxylation sites is 1. The van der Waals surface area contributed by atoms with Crippen molar-refractivity contribution in [3.8, 4) is 51.0 Å². The number of hydrogen-bond donors (Lipinski definition) is 0.